The van der Waals surface area contributed by atoms with Crippen LogP contribution in [-0.2, 0) is 19.1 Å². The summed E-state index contributed by atoms with van der Waals surface area (Å²) in [5.41, 5.74) is -0.368. The number of hydrogen-bond acceptors (Lipinski definition) is 5. The van der Waals surface area contributed by atoms with Crippen molar-refractivity contribution in [1.29, 1.82) is 0 Å². The number of carbonyl (C=O) groups is 1. The number of nitrogens with zero attached hydrogens (tertiary/aromatic N) is 1. The molecule has 1 aliphatic heterocycles. The zero-order chi connectivity index (χ0) is 17.3. The van der Waals surface area contributed by atoms with E-state index >= 15 is 0 Å². The van der Waals surface area contributed by atoms with E-state index in [0.717, 1.165) is 0 Å². The summed E-state index contributed by atoms with van der Waals surface area (Å²) in [6, 6.07) is -0.345. The molecule has 0 aromatic carbocycles. The maximum Gasteiger partial charge on any atom is 0.278 e. The van der Waals surface area contributed by atoms with Gasteiger partial charge in [-0.25, -0.2) is 5.06 Å². The zero-order valence-electron chi connectivity index (χ0n) is 14.7. The number of ether oxygens (including phenoxy) is 2. The second kappa shape index (κ2) is 6.80. The first-order chi connectivity index (χ1) is 10.0. The number of amides is 1. The van der Waals surface area contributed by atoms with Crippen LogP contribution in [0.1, 0.15) is 20.8 Å². The largest absolute Gasteiger partial charge is 0.364 e. The molecule has 0 bridgehead atoms. The fourth-order valence-corrected chi connectivity index (χ4v) is 4.71. The van der Waals surface area contributed by atoms with Gasteiger partial charge >= 0.3 is 0 Å². The lowest BCUT2D eigenvalue weighted by Gasteiger charge is -2.51. The molecule has 0 spiro atoms. The van der Waals surface area contributed by atoms with Crippen molar-refractivity contribution in [2.75, 3.05) is 20.8 Å². The van der Waals surface area contributed by atoms with Gasteiger partial charge < -0.3 is 14.6 Å². The highest BCUT2D eigenvalue weighted by Gasteiger charge is 2.53. The van der Waals surface area contributed by atoms with Crippen LogP contribution < -0.4 is 0 Å². The summed E-state index contributed by atoms with van der Waals surface area (Å²) in [4.78, 5) is 18.0. The van der Waals surface area contributed by atoms with Crippen LogP contribution >= 0.6 is 0 Å². The van der Waals surface area contributed by atoms with E-state index in [1.54, 1.807) is 13.8 Å². The number of hydroxylamine groups is 2. The second-order valence-corrected chi connectivity index (χ2v) is 10.2. The Bertz CT molecular complexity index is 440. The molecule has 0 aromatic rings. The first-order valence-electron chi connectivity index (χ1n) is 7.45. The quantitative estimate of drug-likeness (QED) is 0.452. The molecular weight excluding hydrogens is 302 g/mol. The topological polar surface area (TPSA) is 68.2 Å². The lowest BCUT2D eigenvalue weighted by atomic mass is 9.89. The van der Waals surface area contributed by atoms with Crippen LogP contribution in [0.3, 0.4) is 0 Å². The zero-order valence-corrected chi connectivity index (χ0v) is 15.8. The predicted molar refractivity (Wildman–Crippen MR) is 87.1 cm³/mol. The van der Waals surface area contributed by atoms with Crippen molar-refractivity contribution in [2.24, 2.45) is 0 Å². The summed E-state index contributed by atoms with van der Waals surface area (Å²) in [5, 5.41) is 11.0. The van der Waals surface area contributed by atoms with Crippen molar-refractivity contribution >= 4 is 14.7 Å². The molecular formula is C15H29NO5Si. The van der Waals surface area contributed by atoms with Crippen molar-refractivity contribution in [3.63, 3.8) is 0 Å². The molecule has 1 amide bonds. The molecule has 2 unspecified atom stereocenters. The molecule has 0 radical (unpaired) electrons. The molecule has 1 aliphatic rings. The standard InChI is InChI=1S/C15H29NO5Si/c1-10(12(17)19-5)15(4,22(7)8)11-9-21-14(2,3)13(18)16(11)20-6/h11-12,17,22H,1,9H2,2-8H3/t11-,12?,15?/m0/s1. The highest BCUT2D eigenvalue weighted by atomic mass is 28.3. The third-order valence-electron chi connectivity index (χ3n) is 4.90. The Labute approximate surface area is 134 Å². The summed E-state index contributed by atoms with van der Waals surface area (Å²) in [5.74, 6) is -0.230. The van der Waals surface area contributed by atoms with E-state index in [9.17, 15) is 9.90 Å². The normalized spacial score (nSPS) is 26.0. The maximum atomic E-state index is 12.6. The van der Waals surface area contributed by atoms with E-state index in [0.29, 0.717) is 12.2 Å². The van der Waals surface area contributed by atoms with E-state index in [4.69, 9.17) is 14.3 Å². The van der Waals surface area contributed by atoms with Gasteiger partial charge in [0.25, 0.3) is 5.91 Å². The van der Waals surface area contributed by atoms with Crippen LogP contribution in [0.4, 0.5) is 0 Å². The summed E-state index contributed by atoms with van der Waals surface area (Å²) < 4.78 is 10.8. The van der Waals surface area contributed by atoms with Crippen LogP contribution in [0.2, 0.25) is 18.1 Å². The molecule has 0 aromatic heterocycles. The fourth-order valence-electron chi connectivity index (χ4n) is 2.83. The Balaban J connectivity index is 3.26. The third kappa shape index (κ3) is 3.14. The molecule has 1 rings (SSSR count). The molecule has 1 N–H and O–H groups in total. The minimum Gasteiger partial charge on any atom is -0.364 e. The van der Waals surface area contributed by atoms with Gasteiger partial charge in [0.05, 0.1) is 19.8 Å². The van der Waals surface area contributed by atoms with Crippen molar-refractivity contribution in [3.8, 4) is 0 Å². The second-order valence-electron chi connectivity index (χ2n) is 6.70. The van der Waals surface area contributed by atoms with E-state index in [1.807, 2.05) is 6.92 Å². The molecule has 6 nitrogen and oxygen atoms in total. The highest BCUT2D eigenvalue weighted by molar-refractivity contribution is 6.60. The Hall–Kier alpha value is -0.733. The summed E-state index contributed by atoms with van der Waals surface area (Å²) in [6.45, 7) is 14.1. The average Bonchev–Trinajstić information content (AvgIpc) is 2.47. The third-order valence-corrected chi connectivity index (χ3v) is 8.06. The first-order valence-corrected chi connectivity index (χ1v) is 10.3. The SMILES string of the molecule is C=C(C(O)OC)C(C)([C@@H]1COC(C)(C)C(=O)N1OC)[SiH](C)C. The number of aliphatic hydroxyl groups excluding tert-OH is 1. The van der Waals surface area contributed by atoms with Gasteiger partial charge in [-0.3, -0.25) is 9.63 Å². The van der Waals surface area contributed by atoms with Crippen LogP contribution in [0.25, 0.3) is 0 Å². The number of carbonyl (C=O) groups excluding carboxylic acids is 1. The van der Waals surface area contributed by atoms with Gasteiger partial charge in [-0.05, 0) is 19.4 Å². The molecule has 7 heteroatoms. The van der Waals surface area contributed by atoms with Crippen LogP contribution in [0.15, 0.2) is 12.2 Å². The Morgan fingerprint density at radius 1 is 1.55 bits per heavy atom. The molecule has 1 heterocycles. The first kappa shape index (κ1) is 19.3. The summed E-state index contributed by atoms with van der Waals surface area (Å²) >= 11 is 0. The Morgan fingerprint density at radius 3 is 2.50 bits per heavy atom. The number of morpholine rings is 1. The van der Waals surface area contributed by atoms with Crippen molar-refractivity contribution in [2.45, 2.75) is 56.8 Å². The molecule has 128 valence electrons. The lowest BCUT2D eigenvalue weighted by molar-refractivity contribution is -0.241. The highest BCUT2D eigenvalue weighted by Crippen LogP contribution is 2.47. The molecule has 1 saturated heterocycles. The lowest BCUT2D eigenvalue weighted by Crippen LogP contribution is -2.63. The van der Waals surface area contributed by atoms with Gasteiger partial charge in [0.15, 0.2) is 6.29 Å². The van der Waals surface area contributed by atoms with Gasteiger partial charge in [-0.1, -0.05) is 26.6 Å². The minimum absolute atomic E-state index is 0.230. The van der Waals surface area contributed by atoms with E-state index < -0.39 is 25.7 Å². The fraction of sp³-hybridized carbons (Fsp3) is 0.800. The van der Waals surface area contributed by atoms with Crippen LogP contribution in [0.5, 0.6) is 0 Å². The van der Waals surface area contributed by atoms with E-state index in [1.165, 1.54) is 19.3 Å². The van der Waals surface area contributed by atoms with Gasteiger partial charge in [-0.15, -0.1) is 0 Å². The summed E-state index contributed by atoms with van der Waals surface area (Å²) in [6.07, 6.45) is -1.08. The van der Waals surface area contributed by atoms with E-state index in [2.05, 4.69) is 19.7 Å². The van der Waals surface area contributed by atoms with Crippen LogP contribution in [0, 0.1) is 0 Å². The Kier molecular flexibility index (Phi) is 5.97. The molecule has 22 heavy (non-hydrogen) atoms. The molecule has 0 saturated carbocycles. The molecule has 0 aliphatic carbocycles. The number of rotatable bonds is 6. The van der Waals surface area contributed by atoms with E-state index in [-0.39, 0.29) is 11.9 Å². The van der Waals surface area contributed by atoms with Gasteiger partial charge in [0, 0.05) is 20.9 Å². The summed E-state index contributed by atoms with van der Waals surface area (Å²) in [7, 11) is 1.49. The van der Waals surface area contributed by atoms with Gasteiger partial charge in [0.1, 0.15) is 5.60 Å². The maximum absolute atomic E-state index is 12.6. The van der Waals surface area contributed by atoms with Crippen molar-refractivity contribution in [3.05, 3.63) is 12.2 Å². The van der Waals surface area contributed by atoms with Gasteiger partial charge in [-0.2, -0.15) is 0 Å². The average molecular weight is 331 g/mol. The molecule has 3 atom stereocenters. The van der Waals surface area contributed by atoms with Gasteiger partial charge in [0.2, 0.25) is 0 Å². The number of hydrogen-bond donors (Lipinski definition) is 1. The number of methoxy groups -OCH3 is 1. The van der Waals surface area contributed by atoms with Crippen molar-refractivity contribution in [1.82, 2.24) is 5.06 Å². The predicted octanol–water partition coefficient (Wildman–Crippen LogP) is 1.32. The monoisotopic (exact) mass is 331 g/mol. The van der Waals surface area contributed by atoms with Crippen molar-refractivity contribution < 1.29 is 24.2 Å². The Morgan fingerprint density at radius 2 is 2.09 bits per heavy atom. The molecule has 1 fully saturated rings. The van der Waals surface area contributed by atoms with Crippen LogP contribution in [-0.4, -0.2) is 63.6 Å². The minimum atomic E-state index is -1.42. The number of aliphatic hydroxyl groups is 1. The smallest absolute Gasteiger partial charge is 0.278 e.